The zero-order valence-electron chi connectivity index (χ0n) is 10.1. The Balaban J connectivity index is 2.19. The number of aliphatic hydroxyl groups is 2. The summed E-state index contributed by atoms with van der Waals surface area (Å²) in [5.41, 5.74) is 3.38. The lowest BCUT2D eigenvalue weighted by atomic mass is 10.1. The molecule has 2 heterocycles. The lowest BCUT2D eigenvalue weighted by Crippen LogP contribution is -2.37. The number of nitrogens with two attached hydrogens (primary N) is 1. The summed E-state index contributed by atoms with van der Waals surface area (Å²) in [7, 11) is 0. The number of nitrogens with one attached hydrogen (secondary N) is 1. The Morgan fingerprint density at radius 2 is 2.15 bits per heavy atom. The summed E-state index contributed by atoms with van der Waals surface area (Å²) in [6.45, 7) is -0.373. The van der Waals surface area contributed by atoms with Gasteiger partial charge in [-0.2, -0.15) is 0 Å². The average Bonchev–Trinajstić information content (AvgIpc) is 2.64. The average molecular weight is 287 g/mol. The number of amides is 1. The lowest BCUT2D eigenvalue weighted by Gasteiger charge is -2.16. The van der Waals surface area contributed by atoms with Crippen molar-refractivity contribution >= 4 is 6.09 Å². The molecule has 2 rings (SSSR count). The van der Waals surface area contributed by atoms with Gasteiger partial charge in [-0.25, -0.2) is 9.59 Å². The van der Waals surface area contributed by atoms with Crippen LogP contribution in [-0.2, 0) is 9.47 Å². The van der Waals surface area contributed by atoms with Crippen LogP contribution in [0, 0.1) is 0 Å². The number of aromatic nitrogens is 2. The van der Waals surface area contributed by atoms with E-state index in [0.29, 0.717) is 0 Å². The number of ether oxygens (including phenoxy) is 2. The molecule has 1 aliphatic heterocycles. The summed E-state index contributed by atoms with van der Waals surface area (Å²) in [6, 6.07) is 1.07. The number of carbonyl (C=O) groups excluding carboxylic acids is 1. The van der Waals surface area contributed by atoms with E-state index in [9.17, 15) is 24.6 Å². The smallest absolute Gasteiger partial charge is 0.404 e. The summed E-state index contributed by atoms with van der Waals surface area (Å²) >= 11 is 0. The molecule has 0 unspecified atom stereocenters. The number of rotatable bonds is 3. The summed E-state index contributed by atoms with van der Waals surface area (Å²) in [6.07, 6.45) is -4.99. The van der Waals surface area contributed by atoms with Crippen molar-refractivity contribution in [3.63, 3.8) is 0 Å². The van der Waals surface area contributed by atoms with Crippen LogP contribution >= 0.6 is 0 Å². The number of hydrogen-bond acceptors (Lipinski definition) is 7. The van der Waals surface area contributed by atoms with Gasteiger partial charge in [0.1, 0.15) is 24.9 Å². The number of primary amides is 1. The van der Waals surface area contributed by atoms with Crippen molar-refractivity contribution in [3.8, 4) is 0 Å². The van der Waals surface area contributed by atoms with E-state index in [0.717, 1.165) is 16.8 Å². The highest BCUT2D eigenvalue weighted by Crippen LogP contribution is 2.28. The maximum atomic E-state index is 11.6. The molecule has 0 saturated carbocycles. The third-order valence-electron chi connectivity index (χ3n) is 2.85. The molecular formula is C10H13N3O7. The quantitative estimate of drug-likeness (QED) is 0.469. The molecule has 1 amide bonds. The SMILES string of the molecule is NC(=O)OC[C@@H]1O[C@H](n2ccc(=O)[nH]c2=O)[C@@H](O)[C@H]1O. The van der Waals surface area contributed by atoms with Crippen molar-refractivity contribution in [2.75, 3.05) is 6.61 Å². The molecule has 0 aliphatic carbocycles. The maximum absolute atomic E-state index is 11.6. The van der Waals surface area contributed by atoms with Crippen molar-refractivity contribution in [1.29, 1.82) is 0 Å². The predicted octanol–water partition coefficient (Wildman–Crippen LogP) is -2.75. The third kappa shape index (κ3) is 2.71. The van der Waals surface area contributed by atoms with Gasteiger partial charge in [-0.15, -0.1) is 0 Å². The third-order valence-corrected chi connectivity index (χ3v) is 2.85. The van der Waals surface area contributed by atoms with Gasteiger partial charge in [-0.1, -0.05) is 0 Å². The van der Waals surface area contributed by atoms with Crippen molar-refractivity contribution in [3.05, 3.63) is 33.1 Å². The molecule has 10 nitrogen and oxygen atoms in total. The van der Waals surface area contributed by atoms with Gasteiger partial charge in [0.25, 0.3) is 5.56 Å². The standard InChI is InChI=1S/C10H13N3O7/c11-9(17)19-3-4-6(15)7(16)8(20-4)13-2-1-5(14)12-10(13)18/h1-2,4,6-8,15-16H,3H2,(H2,11,17)(H,12,14,18)/t4-,6-,7-,8-/m0/s1. The van der Waals surface area contributed by atoms with Crippen LogP contribution in [-0.4, -0.2) is 50.8 Å². The number of H-pyrrole nitrogens is 1. The maximum Gasteiger partial charge on any atom is 0.404 e. The van der Waals surface area contributed by atoms with Gasteiger partial charge in [0.15, 0.2) is 6.23 Å². The molecule has 110 valence electrons. The Bertz CT molecular complexity index is 609. The Morgan fingerprint density at radius 3 is 2.75 bits per heavy atom. The minimum Gasteiger partial charge on any atom is -0.447 e. The molecule has 0 spiro atoms. The minimum atomic E-state index is -1.43. The van der Waals surface area contributed by atoms with E-state index in [1.807, 2.05) is 4.98 Å². The Morgan fingerprint density at radius 1 is 1.45 bits per heavy atom. The highest BCUT2D eigenvalue weighted by atomic mass is 16.6. The first kappa shape index (κ1) is 14.2. The van der Waals surface area contributed by atoms with Gasteiger partial charge >= 0.3 is 11.8 Å². The highest BCUT2D eigenvalue weighted by molar-refractivity contribution is 5.64. The van der Waals surface area contributed by atoms with Gasteiger partial charge < -0.3 is 25.4 Å². The molecule has 10 heteroatoms. The topological polar surface area (TPSA) is 157 Å². The molecule has 20 heavy (non-hydrogen) atoms. The first-order chi connectivity index (χ1) is 9.40. The first-order valence-electron chi connectivity index (χ1n) is 5.65. The summed E-state index contributed by atoms with van der Waals surface area (Å²) in [5.74, 6) is 0. The normalized spacial score (nSPS) is 29.3. The number of hydrogen-bond donors (Lipinski definition) is 4. The van der Waals surface area contributed by atoms with Crippen molar-refractivity contribution in [2.24, 2.45) is 5.73 Å². The molecule has 1 aromatic rings. The second-order valence-electron chi connectivity index (χ2n) is 4.19. The molecule has 1 aliphatic rings. The van der Waals surface area contributed by atoms with Gasteiger partial charge in [-0.05, 0) is 0 Å². The van der Waals surface area contributed by atoms with Crippen LogP contribution in [0.2, 0.25) is 0 Å². The number of carbonyl (C=O) groups is 1. The van der Waals surface area contributed by atoms with Crippen LogP contribution in [0.15, 0.2) is 21.9 Å². The number of aromatic amines is 1. The van der Waals surface area contributed by atoms with E-state index in [-0.39, 0.29) is 6.61 Å². The van der Waals surface area contributed by atoms with Crippen LogP contribution in [0.4, 0.5) is 4.79 Å². The molecule has 0 bridgehead atoms. The number of aliphatic hydroxyl groups excluding tert-OH is 2. The van der Waals surface area contributed by atoms with Crippen LogP contribution in [0.3, 0.4) is 0 Å². The van der Waals surface area contributed by atoms with Crippen LogP contribution in [0.5, 0.6) is 0 Å². The molecule has 0 aromatic carbocycles. The van der Waals surface area contributed by atoms with E-state index in [2.05, 4.69) is 4.74 Å². The van der Waals surface area contributed by atoms with Crippen molar-refractivity contribution in [1.82, 2.24) is 9.55 Å². The summed E-state index contributed by atoms with van der Waals surface area (Å²) in [4.78, 5) is 35.0. The van der Waals surface area contributed by atoms with Gasteiger partial charge in [0.05, 0.1) is 0 Å². The Hall–Kier alpha value is -2.17. The van der Waals surface area contributed by atoms with E-state index < -0.39 is 41.9 Å². The minimum absolute atomic E-state index is 0.373. The Kier molecular flexibility index (Phi) is 3.88. The molecule has 4 atom stereocenters. The number of nitrogens with zero attached hydrogens (tertiary/aromatic N) is 1. The molecule has 5 N–H and O–H groups in total. The van der Waals surface area contributed by atoms with E-state index in [1.54, 1.807) is 0 Å². The second kappa shape index (κ2) is 5.45. The van der Waals surface area contributed by atoms with Crippen LogP contribution in [0.1, 0.15) is 6.23 Å². The van der Waals surface area contributed by atoms with Gasteiger partial charge in [0.2, 0.25) is 0 Å². The first-order valence-corrected chi connectivity index (χ1v) is 5.65. The molecular weight excluding hydrogens is 274 g/mol. The van der Waals surface area contributed by atoms with E-state index in [4.69, 9.17) is 10.5 Å². The summed E-state index contributed by atoms with van der Waals surface area (Å²) in [5, 5.41) is 19.6. The van der Waals surface area contributed by atoms with Crippen molar-refractivity contribution < 1.29 is 24.5 Å². The zero-order chi connectivity index (χ0) is 14.9. The molecule has 1 fully saturated rings. The fraction of sp³-hybridized carbons (Fsp3) is 0.500. The largest absolute Gasteiger partial charge is 0.447 e. The highest BCUT2D eigenvalue weighted by Gasteiger charge is 2.44. The molecule has 1 saturated heterocycles. The van der Waals surface area contributed by atoms with Gasteiger partial charge in [-0.3, -0.25) is 14.3 Å². The zero-order valence-corrected chi connectivity index (χ0v) is 10.1. The predicted molar refractivity (Wildman–Crippen MR) is 62.8 cm³/mol. The Labute approximate surface area is 111 Å². The van der Waals surface area contributed by atoms with Crippen LogP contribution in [0.25, 0.3) is 0 Å². The monoisotopic (exact) mass is 287 g/mol. The van der Waals surface area contributed by atoms with E-state index in [1.165, 1.54) is 0 Å². The molecule has 0 radical (unpaired) electrons. The molecule has 1 aromatic heterocycles. The lowest BCUT2D eigenvalue weighted by molar-refractivity contribution is -0.0563. The fourth-order valence-electron chi connectivity index (χ4n) is 1.89. The second-order valence-corrected chi connectivity index (χ2v) is 4.19. The van der Waals surface area contributed by atoms with Crippen molar-refractivity contribution in [2.45, 2.75) is 24.5 Å². The fourth-order valence-corrected chi connectivity index (χ4v) is 1.89. The van der Waals surface area contributed by atoms with E-state index >= 15 is 0 Å². The van der Waals surface area contributed by atoms with Crippen LogP contribution < -0.4 is 17.0 Å². The summed E-state index contributed by atoms with van der Waals surface area (Å²) < 4.78 is 10.6. The van der Waals surface area contributed by atoms with Gasteiger partial charge in [0, 0.05) is 12.3 Å².